The third-order valence-electron chi connectivity index (χ3n) is 2.08. The van der Waals surface area contributed by atoms with E-state index in [1.54, 1.807) is 30.5 Å². The molecule has 5 heteroatoms. The lowest BCUT2D eigenvalue weighted by molar-refractivity contribution is -0.136. The zero-order valence-electron chi connectivity index (χ0n) is 8.79. The first kappa shape index (κ1) is 12.6. The summed E-state index contributed by atoms with van der Waals surface area (Å²) in [5.41, 5.74) is 0.675. The molecule has 1 radical (unpaired) electrons. The van der Waals surface area contributed by atoms with Crippen LogP contribution in [0.25, 0.3) is 0 Å². The van der Waals surface area contributed by atoms with Crippen LogP contribution in [0, 0.1) is 6.07 Å². The van der Waals surface area contributed by atoms with Crippen molar-refractivity contribution >= 4 is 29.8 Å². The van der Waals surface area contributed by atoms with Gasteiger partial charge in [0.2, 0.25) is 6.41 Å². The van der Waals surface area contributed by atoms with Gasteiger partial charge in [-0.05, 0) is 24.5 Å². The van der Waals surface area contributed by atoms with E-state index in [1.807, 2.05) is 0 Å². The third kappa shape index (κ3) is 3.27. The molecule has 0 spiro atoms. The van der Waals surface area contributed by atoms with Crippen molar-refractivity contribution in [2.45, 2.75) is 5.25 Å². The van der Waals surface area contributed by atoms with Crippen LogP contribution in [0.4, 0.5) is 5.69 Å². The number of carbonyl (C=O) groups is 2. The zero-order valence-corrected chi connectivity index (χ0v) is 9.61. The first-order chi connectivity index (χ1) is 7.69. The highest BCUT2D eigenvalue weighted by Crippen LogP contribution is 2.15. The van der Waals surface area contributed by atoms with E-state index in [0.717, 1.165) is 0 Å². The first-order valence-corrected chi connectivity index (χ1v) is 5.91. The van der Waals surface area contributed by atoms with E-state index in [1.165, 1.54) is 16.7 Å². The lowest BCUT2D eigenvalue weighted by atomic mass is 10.3. The quantitative estimate of drug-likeness (QED) is 0.758. The number of nitrogens with zero attached hydrogens (tertiary/aromatic N) is 1. The molecule has 0 bridgehead atoms. The highest BCUT2D eigenvalue weighted by atomic mass is 32.2. The SMILES string of the molecule is CSC(CN(C=O)c1cc[c]cc1)C(=O)O. The molecule has 1 aromatic carbocycles. The van der Waals surface area contributed by atoms with Gasteiger partial charge in [0.15, 0.2) is 0 Å². The first-order valence-electron chi connectivity index (χ1n) is 4.62. The highest BCUT2D eigenvalue weighted by Gasteiger charge is 2.19. The Balaban J connectivity index is 2.76. The molecule has 1 aromatic rings. The predicted molar refractivity (Wildman–Crippen MR) is 63.6 cm³/mol. The summed E-state index contributed by atoms with van der Waals surface area (Å²) in [6.45, 7) is 0.157. The average molecular weight is 238 g/mol. The summed E-state index contributed by atoms with van der Waals surface area (Å²) in [5, 5.41) is 8.28. The zero-order chi connectivity index (χ0) is 12.0. The van der Waals surface area contributed by atoms with Gasteiger partial charge in [0.25, 0.3) is 0 Å². The number of anilines is 1. The van der Waals surface area contributed by atoms with Crippen molar-refractivity contribution in [3.63, 3.8) is 0 Å². The Hall–Kier alpha value is -1.49. The summed E-state index contributed by atoms with van der Waals surface area (Å²) in [6, 6.07) is 9.63. The standard InChI is InChI=1S/C11H12NO3S/c1-16-10(11(14)15)7-12(8-13)9-5-3-2-4-6-9/h3-6,8,10H,7H2,1H3,(H,14,15). The number of carboxylic acid groups (broad SMARTS) is 1. The van der Waals surface area contributed by atoms with E-state index in [0.29, 0.717) is 12.1 Å². The molecule has 0 aliphatic carbocycles. The number of aliphatic carboxylic acids is 1. The Kier molecular flexibility index (Phi) is 4.85. The van der Waals surface area contributed by atoms with Crippen molar-refractivity contribution in [1.29, 1.82) is 0 Å². The van der Waals surface area contributed by atoms with Gasteiger partial charge in [0.1, 0.15) is 5.25 Å². The fourth-order valence-corrected chi connectivity index (χ4v) is 1.72. The topological polar surface area (TPSA) is 57.6 Å². The normalized spacial score (nSPS) is 11.8. The van der Waals surface area contributed by atoms with Crippen LogP contribution in [-0.2, 0) is 9.59 Å². The molecule has 1 N–H and O–H groups in total. The van der Waals surface area contributed by atoms with E-state index in [9.17, 15) is 9.59 Å². The number of carboxylic acids is 1. The molecule has 16 heavy (non-hydrogen) atoms. The number of amides is 1. The number of carbonyl (C=O) groups excluding carboxylic acids is 1. The average Bonchev–Trinajstić information content (AvgIpc) is 2.31. The molecule has 0 aliphatic heterocycles. The largest absolute Gasteiger partial charge is 0.480 e. The maximum absolute atomic E-state index is 10.9. The lowest BCUT2D eigenvalue weighted by Crippen LogP contribution is -2.34. The van der Waals surface area contributed by atoms with Gasteiger partial charge in [-0.15, -0.1) is 11.8 Å². The Labute approximate surface area is 98.3 Å². The van der Waals surface area contributed by atoms with Crippen LogP contribution in [-0.4, -0.2) is 35.5 Å². The van der Waals surface area contributed by atoms with Crippen LogP contribution in [0.3, 0.4) is 0 Å². The van der Waals surface area contributed by atoms with Crippen molar-refractivity contribution in [1.82, 2.24) is 0 Å². The van der Waals surface area contributed by atoms with Gasteiger partial charge in [-0.1, -0.05) is 12.1 Å². The van der Waals surface area contributed by atoms with Crippen molar-refractivity contribution in [2.75, 3.05) is 17.7 Å². The molecule has 0 saturated heterocycles. The van der Waals surface area contributed by atoms with Crippen LogP contribution >= 0.6 is 11.8 Å². The molecule has 85 valence electrons. The second-order valence-electron chi connectivity index (χ2n) is 3.08. The number of hydrogen-bond acceptors (Lipinski definition) is 3. The van der Waals surface area contributed by atoms with Crippen molar-refractivity contribution in [3.05, 3.63) is 30.3 Å². The fraction of sp³-hybridized carbons (Fsp3) is 0.273. The number of thioether (sulfide) groups is 1. The van der Waals surface area contributed by atoms with Crippen molar-refractivity contribution < 1.29 is 14.7 Å². The minimum Gasteiger partial charge on any atom is -0.480 e. The summed E-state index contributed by atoms with van der Waals surface area (Å²) >= 11 is 1.21. The summed E-state index contributed by atoms with van der Waals surface area (Å²) in [7, 11) is 0. The summed E-state index contributed by atoms with van der Waals surface area (Å²) in [6.07, 6.45) is 2.35. The van der Waals surface area contributed by atoms with Gasteiger partial charge in [-0.3, -0.25) is 9.59 Å². The molecule has 0 aromatic heterocycles. The van der Waals surface area contributed by atoms with Gasteiger partial charge < -0.3 is 10.0 Å². The molecule has 0 fully saturated rings. The molecular weight excluding hydrogens is 226 g/mol. The maximum Gasteiger partial charge on any atom is 0.318 e. The number of rotatable bonds is 6. The van der Waals surface area contributed by atoms with Crippen LogP contribution in [0.2, 0.25) is 0 Å². The van der Waals surface area contributed by atoms with E-state index >= 15 is 0 Å². The molecule has 4 nitrogen and oxygen atoms in total. The summed E-state index contributed by atoms with van der Waals surface area (Å²) < 4.78 is 0. The van der Waals surface area contributed by atoms with E-state index in [-0.39, 0.29) is 6.54 Å². The molecule has 0 saturated carbocycles. The van der Waals surface area contributed by atoms with E-state index in [2.05, 4.69) is 6.07 Å². The Morgan fingerprint density at radius 3 is 2.69 bits per heavy atom. The maximum atomic E-state index is 10.9. The lowest BCUT2D eigenvalue weighted by Gasteiger charge is -2.20. The summed E-state index contributed by atoms with van der Waals surface area (Å²) in [5.74, 6) is -0.915. The monoisotopic (exact) mass is 238 g/mol. The third-order valence-corrected chi connectivity index (χ3v) is 3.00. The molecule has 1 atom stereocenters. The van der Waals surface area contributed by atoms with Gasteiger partial charge in [0, 0.05) is 12.2 Å². The van der Waals surface area contributed by atoms with Gasteiger partial charge in [-0.2, -0.15) is 0 Å². The Bertz CT molecular complexity index is 356. The minimum atomic E-state index is -0.915. The van der Waals surface area contributed by atoms with Crippen LogP contribution in [0.5, 0.6) is 0 Å². The van der Waals surface area contributed by atoms with Crippen molar-refractivity contribution in [2.24, 2.45) is 0 Å². The smallest absolute Gasteiger partial charge is 0.318 e. The predicted octanol–water partition coefficient (Wildman–Crippen LogP) is 1.27. The minimum absolute atomic E-state index is 0.157. The van der Waals surface area contributed by atoms with Gasteiger partial charge in [-0.25, -0.2) is 0 Å². The van der Waals surface area contributed by atoms with Crippen LogP contribution < -0.4 is 4.90 Å². The summed E-state index contributed by atoms with van der Waals surface area (Å²) in [4.78, 5) is 23.1. The molecule has 1 amide bonds. The van der Waals surface area contributed by atoms with Crippen LogP contribution in [0.1, 0.15) is 0 Å². The van der Waals surface area contributed by atoms with E-state index in [4.69, 9.17) is 5.11 Å². The van der Waals surface area contributed by atoms with Crippen LogP contribution in [0.15, 0.2) is 24.3 Å². The van der Waals surface area contributed by atoms with Gasteiger partial charge >= 0.3 is 5.97 Å². The Morgan fingerprint density at radius 1 is 1.62 bits per heavy atom. The van der Waals surface area contributed by atoms with E-state index < -0.39 is 11.2 Å². The molecule has 0 aliphatic rings. The number of benzene rings is 1. The molecular formula is C11H12NO3S. The Morgan fingerprint density at radius 2 is 2.25 bits per heavy atom. The number of hydrogen-bond donors (Lipinski definition) is 1. The second kappa shape index (κ2) is 6.17. The second-order valence-corrected chi connectivity index (χ2v) is 4.12. The molecule has 0 heterocycles. The van der Waals surface area contributed by atoms with Crippen molar-refractivity contribution in [3.8, 4) is 0 Å². The fourth-order valence-electron chi connectivity index (χ4n) is 1.21. The highest BCUT2D eigenvalue weighted by molar-refractivity contribution is 7.99. The van der Waals surface area contributed by atoms with Gasteiger partial charge in [0.05, 0.1) is 0 Å². The molecule has 1 rings (SSSR count). The molecule has 1 unspecified atom stereocenters.